The molecule has 5 nitrogen and oxygen atoms in total. The highest BCUT2D eigenvalue weighted by Crippen LogP contribution is 2.36. The summed E-state index contributed by atoms with van der Waals surface area (Å²) in [7, 11) is 1.68. The minimum Gasteiger partial charge on any atom is -0.495 e. The zero-order valence-electron chi connectivity index (χ0n) is 17.5. The van der Waals surface area contributed by atoms with Gasteiger partial charge in [-0.2, -0.15) is 0 Å². The van der Waals surface area contributed by atoms with Gasteiger partial charge in [-0.05, 0) is 63.7 Å². The van der Waals surface area contributed by atoms with Crippen LogP contribution < -0.4 is 10.1 Å². The largest absolute Gasteiger partial charge is 0.495 e. The van der Waals surface area contributed by atoms with Gasteiger partial charge in [-0.25, -0.2) is 9.97 Å². The number of thiazole rings is 1. The molecular formula is C25H21BrN4OS. The van der Waals surface area contributed by atoms with E-state index in [1.54, 1.807) is 18.4 Å². The maximum absolute atomic E-state index is 5.46. The lowest BCUT2D eigenvalue weighted by atomic mass is 10.1. The van der Waals surface area contributed by atoms with Gasteiger partial charge in [0.25, 0.3) is 0 Å². The number of hydrogen-bond donors (Lipinski definition) is 1. The van der Waals surface area contributed by atoms with E-state index in [4.69, 9.17) is 9.72 Å². The van der Waals surface area contributed by atoms with Crippen molar-refractivity contribution in [3.63, 3.8) is 0 Å². The molecule has 1 atom stereocenters. The summed E-state index contributed by atoms with van der Waals surface area (Å²) >= 11 is 5.26. The molecule has 0 unspecified atom stereocenters. The third kappa shape index (κ3) is 3.45. The van der Waals surface area contributed by atoms with Gasteiger partial charge < -0.3 is 14.6 Å². The lowest BCUT2D eigenvalue weighted by Gasteiger charge is -2.12. The monoisotopic (exact) mass is 504 g/mol. The number of aryl methyl sites for hydroxylation is 1. The van der Waals surface area contributed by atoms with Crippen LogP contribution in [0.3, 0.4) is 0 Å². The van der Waals surface area contributed by atoms with Gasteiger partial charge in [0.05, 0.1) is 45.2 Å². The predicted molar refractivity (Wildman–Crippen MR) is 134 cm³/mol. The summed E-state index contributed by atoms with van der Waals surface area (Å²) < 4.78 is 9.72. The second-order valence-corrected chi connectivity index (χ2v) is 9.99. The van der Waals surface area contributed by atoms with Crippen LogP contribution in [0.15, 0.2) is 65.4 Å². The number of hydrogen-bond acceptors (Lipinski definition) is 5. The standard InChI is InChI=1S/C25H21BrN4OS/c1-31-23-12-22-21(11-18(23)26)27-14-30(22)13-15-6-8-20-24(10-15)32-25(29-20)28-19-9-7-16-4-2-3-5-17(16)19/h2-6,8,10-12,14,19H,7,9,13H2,1H3,(H,28,29)/t19-/m0/s1. The van der Waals surface area contributed by atoms with Gasteiger partial charge in [-0.1, -0.05) is 41.7 Å². The van der Waals surface area contributed by atoms with E-state index in [1.165, 1.54) is 21.4 Å². The Morgan fingerprint density at radius 3 is 2.97 bits per heavy atom. The second kappa shape index (κ2) is 7.90. The summed E-state index contributed by atoms with van der Waals surface area (Å²) in [4.78, 5) is 9.39. The number of rotatable bonds is 5. The third-order valence-electron chi connectivity index (χ3n) is 6.13. The average Bonchev–Trinajstić information content (AvgIpc) is 3.50. The average molecular weight is 505 g/mol. The summed E-state index contributed by atoms with van der Waals surface area (Å²) in [5, 5.41) is 4.66. The van der Waals surface area contributed by atoms with Crippen molar-refractivity contribution in [3.05, 3.63) is 82.1 Å². The summed E-state index contributed by atoms with van der Waals surface area (Å²) in [5.74, 6) is 0.807. The number of halogens is 1. The van der Waals surface area contributed by atoms with E-state index in [2.05, 4.69) is 73.3 Å². The van der Waals surface area contributed by atoms with E-state index >= 15 is 0 Å². The molecule has 1 N–H and O–H groups in total. The molecule has 7 heteroatoms. The highest BCUT2D eigenvalue weighted by atomic mass is 79.9. The predicted octanol–water partition coefficient (Wildman–Crippen LogP) is 6.56. The Morgan fingerprint density at radius 1 is 1.16 bits per heavy atom. The molecule has 1 aliphatic rings. The molecule has 0 aliphatic heterocycles. The van der Waals surface area contributed by atoms with Crippen LogP contribution in [0.5, 0.6) is 5.75 Å². The highest BCUT2D eigenvalue weighted by Gasteiger charge is 2.22. The van der Waals surface area contributed by atoms with Crippen LogP contribution in [0.2, 0.25) is 0 Å². The van der Waals surface area contributed by atoms with Crippen molar-refractivity contribution in [1.82, 2.24) is 14.5 Å². The van der Waals surface area contributed by atoms with E-state index in [9.17, 15) is 0 Å². The normalized spacial score (nSPS) is 15.4. The minimum atomic E-state index is 0.345. The quantitative estimate of drug-likeness (QED) is 0.294. The second-order valence-electron chi connectivity index (χ2n) is 8.10. The molecule has 0 saturated carbocycles. The molecule has 2 aromatic heterocycles. The van der Waals surface area contributed by atoms with Crippen LogP contribution >= 0.6 is 27.3 Å². The Labute approximate surface area is 198 Å². The molecule has 0 saturated heterocycles. The van der Waals surface area contributed by atoms with E-state index in [0.717, 1.165) is 51.3 Å². The maximum atomic E-state index is 5.46. The summed E-state index contributed by atoms with van der Waals surface area (Å²) in [6.07, 6.45) is 4.13. The number of nitrogens with zero attached hydrogens (tertiary/aromatic N) is 3. The number of nitrogens with one attached hydrogen (secondary N) is 1. The van der Waals surface area contributed by atoms with Crippen molar-refractivity contribution in [3.8, 4) is 5.75 Å². The van der Waals surface area contributed by atoms with Gasteiger partial charge in [0.15, 0.2) is 5.13 Å². The first-order valence-corrected chi connectivity index (χ1v) is 12.2. The van der Waals surface area contributed by atoms with Crippen molar-refractivity contribution in [2.24, 2.45) is 0 Å². The van der Waals surface area contributed by atoms with Crippen molar-refractivity contribution in [2.45, 2.75) is 25.4 Å². The van der Waals surface area contributed by atoms with E-state index in [1.807, 2.05) is 18.5 Å². The number of fused-ring (bicyclic) bond motifs is 3. The fourth-order valence-electron chi connectivity index (χ4n) is 4.52. The lowest BCUT2D eigenvalue weighted by Crippen LogP contribution is -2.06. The van der Waals surface area contributed by atoms with Crippen LogP contribution in [0.4, 0.5) is 5.13 Å². The fraction of sp³-hybridized carbons (Fsp3) is 0.200. The first kappa shape index (κ1) is 19.8. The van der Waals surface area contributed by atoms with Gasteiger partial charge in [0.2, 0.25) is 0 Å². The Bertz CT molecular complexity index is 1460. The van der Waals surface area contributed by atoms with Gasteiger partial charge in [0, 0.05) is 12.6 Å². The minimum absolute atomic E-state index is 0.345. The fourth-order valence-corrected chi connectivity index (χ4v) is 6.00. The Kier molecular flexibility index (Phi) is 4.88. The van der Waals surface area contributed by atoms with Crippen molar-refractivity contribution in [2.75, 3.05) is 12.4 Å². The van der Waals surface area contributed by atoms with E-state index in [-0.39, 0.29) is 0 Å². The first-order valence-electron chi connectivity index (χ1n) is 10.6. The molecular weight excluding hydrogens is 484 g/mol. The van der Waals surface area contributed by atoms with E-state index < -0.39 is 0 Å². The molecule has 160 valence electrons. The molecule has 0 fully saturated rings. The number of benzene rings is 3. The Morgan fingerprint density at radius 2 is 2.06 bits per heavy atom. The molecule has 1 aliphatic carbocycles. The molecule has 3 aromatic carbocycles. The molecule has 0 bridgehead atoms. The smallest absolute Gasteiger partial charge is 0.184 e. The zero-order valence-corrected chi connectivity index (χ0v) is 19.9. The van der Waals surface area contributed by atoms with Gasteiger partial charge in [0.1, 0.15) is 5.75 Å². The van der Waals surface area contributed by atoms with E-state index in [0.29, 0.717) is 6.04 Å². The first-order chi connectivity index (χ1) is 15.7. The molecule has 5 aromatic rings. The van der Waals surface area contributed by atoms with Crippen molar-refractivity contribution < 1.29 is 4.74 Å². The molecule has 2 heterocycles. The number of methoxy groups -OCH3 is 1. The summed E-state index contributed by atoms with van der Waals surface area (Å²) in [5.41, 5.74) is 7.11. The Balaban J connectivity index is 1.27. The van der Waals surface area contributed by atoms with Gasteiger partial charge in [-0.15, -0.1) is 0 Å². The third-order valence-corrected chi connectivity index (χ3v) is 7.70. The number of anilines is 1. The number of aromatic nitrogens is 3. The number of ether oxygens (including phenoxy) is 1. The summed E-state index contributed by atoms with van der Waals surface area (Å²) in [6, 6.07) is 19.6. The molecule has 0 radical (unpaired) electrons. The van der Waals surface area contributed by atoms with Crippen LogP contribution in [0, 0.1) is 0 Å². The SMILES string of the molecule is COc1cc2c(cc1Br)ncn2Cc1ccc2nc(N[C@H]3CCc4ccccc43)sc2c1. The molecule has 0 amide bonds. The van der Waals surface area contributed by atoms with Crippen LogP contribution in [0.1, 0.15) is 29.2 Å². The lowest BCUT2D eigenvalue weighted by molar-refractivity contribution is 0.412. The van der Waals surface area contributed by atoms with Gasteiger partial charge in [-0.3, -0.25) is 0 Å². The van der Waals surface area contributed by atoms with Crippen molar-refractivity contribution in [1.29, 1.82) is 0 Å². The molecule has 32 heavy (non-hydrogen) atoms. The Hall–Kier alpha value is -2.90. The zero-order chi connectivity index (χ0) is 21.7. The number of imidazole rings is 1. The van der Waals surface area contributed by atoms with Crippen molar-refractivity contribution >= 4 is 53.6 Å². The molecule has 0 spiro atoms. The highest BCUT2D eigenvalue weighted by molar-refractivity contribution is 9.10. The van der Waals surface area contributed by atoms with Crippen LogP contribution in [-0.4, -0.2) is 21.6 Å². The summed E-state index contributed by atoms with van der Waals surface area (Å²) in [6.45, 7) is 0.744. The topological polar surface area (TPSA) is 52.0 Å². The molecule has 6 rings (SSSR count). The van der Waals surface area contributed by atoms with Crippen LogP contribution in [0.25, 0.3) is 21.3 Å². The maximum Gasteiger partial charge on any atom is 0.184 e. The van der Waals surface area contributed by atoms with Crippen LogP contribution in [-0.2, 0) is 13.0 Å². The van der Waals surface area contributed by atoms with Gasteiger partial charge >= 0.3 is 0 Å².